The van der Waals surface area contributed by atoms with Crippen molar-refractivity contribution in [2.45, 2.75) is 30.8 Å². The first-order valence-corrected chi connectivity index (χ1v) is 9.74. The van der Waals surface area contributed by atoms with Gasteiger partial charge < -0.3 is 14.9 Å². The molecule has 1 N–H and O–H groups in total. The van der Waals surface area contributed by atoms with Gasteiger partial charge in [-0.1, -0.05) is 6.07 Å². The first kappa shape index (κ1) is 18.3. The molecule has 0 aromatic carbocycles. The molecule has 2 radical (unpaired) electrons. The lowest BCUT2D eigenvalue weighted by Crippen LogP contribution is -2.74. The molecule has 3 rings (SSSR count). The molecule has 2 aliphatic heterocycles. The Morgan fingerprint density at radius 2 is 2.24 bits per heavy atom. The van der Waals surface area contributed by atoms with E-state index in [4.69, 9.17) is 19.7 Å². The second-order valence-electron chi connectivity index (χ2n) is 5.61. The number of amides is 2. The molecule has 1 aromatic heterocycles. The van der Waals surface area contributed by atoms with Gasteiger partial charge in [0.2, 0.25) is 11.8 Å². The van der Waals surface area contributed by atoms with Crippen LogP contribution in [-0.4, -0.2) is 54.1 Å². The van der Waals surface area contributed by atoms with E-state index in [1.54, 1.807) is 0 Å². The first-order chi connectivity index (χ1) is 12.0. The lowest BCUT2D eigenvalue weighted by Gasteiger charge is -2.52. The van der Waals surface area contributed by atoms with Gasteiger partial charge in [-0.05, 0) is 28.8 Å². The largest absolute Gasteiger partial charge is 0.542 e. The van der Waals surface area contributed by atoms with Crippen LogP contribution in [0.1, 0.15) is 11.8 Å². The molecule has 0 saturated carbocycles. The number of carbonyl (C=O) groups is 3. The number of β-lactam (4-membered cyclic amide) rings is 1. The van der Waals surface area contributed by atoms with Crippen LogP contribution >= 0.6 is 34.7 Å². The van der Waals surface area contributed by atoms with Gasteiger partial charge in [0.25, 0.3) is 0 Å². The zero-order valence-electron chi connectivity index (χ0n) is 13.2. The Morgan fingerprint density at radius 1 is 1.48 bits per heavy atom. The molecule has 6 nitrogen and oxygen atoms in total. The summed E-state index contributed by atoms with van der Waals surface area (Å²) in [6, 6.07) is 2.11. The fourth-order valence-corrected chi connectivity index (χ4v) is 5.41. The topological polar surface area (TPSA) is 75.7 Å². The Kier molecular flexibility index (Phi) is 5.45. The third-order valence-corrected chi connectivity index (χ3v) is 6.67. The van der Waals surface area contributed by atoms with E-state index in [0.717, 1.165) is 9.78 Å². The van der Waals surface area contributed by atoms with E-state index in [2.05, 4.69) is 9.97 Å². The predicted octanol–water partition coefficient (Wildman–Crippen LogP) is 1.20. The third kappa shape index (κ3) is 3.32. The maximum Gasteiger partial charge on any atom is 0.378 e. The van der Waals surface area contributed by atoms with E-state index >= 15 is 0 Å². The smallest absolute Gasteiger partial charge is 0.378 e. The van der Waals surface area contributed by atoms with Crippen molar-refractivity contribution in [2.24, 2.45) is 0 Å². The predicted molar refractivity (Wildman–Crippen MR) is 97.2 cm³/mol. The maximum atomic E-state index is 12.5. The highest BCUT2D eigenvalue weighted by Crippen LogP contribution is 2.44. The number of allylic oxidation sites excluding steroid dienone is 1. The van der Waals surface area contributed by atoms with Crippen molar-refractivity contribution in [3.05, 3.63) is 32.9 Å². The van der Waals surface area contributed by atoms with Crippen LogP contribution in [0.4, 0.5) is 0 Å². The van der Waals surface area contributed by atoms with Crippen LogP contribution in [0, 0.1) is 0 Å². The van der Waals surface area contributed by atoms with E-state index in [9.17, 15) is 14.4 Å². The number of thiophene rings is 1. The SMILES string of the molecule is [B]OC(=O)[C@H]1C(CCl)=C(C)S[C@@H]2[C@H](NC(=O)Cc3cccs3)C(=O)N12. The van der Waals surface area contributed by atoms with E-state index < -0.39 is 18.1 Å². The summed E-state index contributed by atoms with van der Waals surface area (Å²) in [6.45, 7) is 1.82. The number of nitrogens with one attached hydrogen (secondary N) is 1. The summed E-state index contributed by atoms with van der Waals surface area (Å²) in [6.07, 6.45) is 0.217. The number of alkyl halides is 1. The molecule has 0 bridgehead atoms. The maximum absolute atomic E-state index is 12.5. The molecule has 2 aliphatic rings. The molecular formula is C15H14BClN2O4S2. The zero-order valence-corrected chi connectivity index (χ0v) is 15.6. The number of hydrogen-bond acceptors (Lipinski definition) is 6. The molecule has 0 spiro atoms. The van der Waals surface area contributed by atoms with Gasteiger partial charge in [-0.2, -0.15) is 0 Å². The number of hydrogen-bond donors (Lipinski definition) is 1. The molecule has 10 heteroatoms. The molecule has 1 fully saturated rings. The summed E-state index contributed by atoms with van der Waals surface area (Å²) >= 11 is 8.81. The van der Waals surface area contributed by atoms with Gasteiger partial charge in [-0.15, -0.1) is 34.7 Å². The Bertz CT molecular complexity index is 740. The van der Waals surface area contributed by atoms with Crippen molar-refractivity contribution >= 4 is 60.5 Å². The van der Waals surface area contributed by atoms with Gasteiger partial charge in [0.1, 0.15) is 11.4 Å². The summed E-state index contributed by atoms with van der Waals surface area (Å²) in [7, 11) is 5.01. The van der Waals surface area contributed by atoms with E-state index in [0.29, 0.717) is 5.57 Å². The minimum atomic E-state index is -0.938. The third-order valence-electron chi connectivity index (χ3n) is 4.15. The second kappa shape index (κ2) is 7.43. The molecule has 3 heterocycles. The molecular weight excluding hydrogens is 383 g/mol. The Hall–Kier alpha value is -1.45. The molecule has 0 aliphatic carbocycles. The fourth-order valence-electron chi connectivity index (χ4n) is 2.92. The monoisotopic (exact) mass is 396 g/mol. The summed E-state index contributed by atoms with van der Waals surface area (Å²) in [5.74, 6) is -1.23. The Morgan fingerprint density at radius 3 is 2.84 bits per heavy atom. The normalized spacial score (nSPS) is 25.3. The van der Waals surface area contributed by atoms with Crippen LogP contribution < -0.4 is 5.32 Å². The lowest BCUT2D eigenvalue weighted by atomic mass is 9.97. The van der Waals surface area contributed by atoms with Crippen LogP contribution in [0.2, 0.25) is 0 Å². The molecule has 1 saturated heterocycles. The van der Waals surface area contributed by atoms with E-state index in [1.807, 2.05) is 24.4 Å². The number of nitrogens with zero attached hydrogens (tertiary/aromatic N) is 1. The standard InChI is InChI=1S/C15H14BClN2O4S2/c1-7-9(6-17)12(15(22)23-16)19-13(21)11(14(19)25-7)18-10(20)5-8-3-2-4-24-8/h2-4,11-12,14H,5-6H2,1H3,(H,18,20)/t11-,12-,14-/m1/s1. The van der Waals surface area contributed by atoms with E-state index in [-0.39, 0.29) is 29.5 Å². The average molecular weight is 397 g/mol. The number of thioether (sulfide) groups is 1. The van der Waals surface area contributed by atoms with Gasteiger partial charge >= 0.3 is 14.0 Å². The molecule has 3 atom stereocenters. The van der Waals surface area contributed by atoms with Crippen molar-refractivity contribution in [1.82, 2.24) is 10.2 Å². The molecule has 2 amide bonds. The highest BCUT2D eigenvalue weighted by atomic mass is 35.5. The van der Waals surface area contributed by atoms with Crippen LogP contribution in [-0.2, 0) is 25.5 Å². The van der Waals surface area contributed by atoms with Crippen LogP contribution in [0.3, 0.4) is 0 Å². The number of carbonyl (C=O) groups excluding carboxylic acids is 3. The Labute approximate surface area is 159 Å². The van der Waals surface area contributed by atoms with Crippen molar-refractivity contribution < 1.29 is 19.0 Å². The van der Waals surface area contributed by atoms with Gasteiger partial charge in [-0.25, -0.2) is 0 Å². The molecule has 130 valence electrons. The summed E-state index contributed by atoms with van der Waals surface area (Å²) < 4.78 is 4.34. The summed E-state index contributed by atoms with van der Waals surface area (Å²) in [5.41, 5.74) is 0.593. The minimum absolute atomic E-state index is 0.0878. The van der Waals surface area contributed by atoms with Crippen molar-refractivity contribution in [3.8, 4) is 0 Å². The average Bonchev–Trinajstić information content (AvgIpc) is 3.10. The number of fused-ring (bicyclic) bond motifs is 1. The van der Waals surface area contributed by atoms with Gasteiger partial charge in [-0.3, -0.25) is 14.4 Å². The molecule has 25 heavy (non-hydrogen) atoms. The van der Waals surface area contributed by atoms with Crippen molar-refractivity contribution in [2.75, 3.05) is 5.88 Å². The lowest BCUT2D eigenvalue weighted by molar-refractivity contribution is -0.158. The zero-order chi connectivity index (χ0) is 18.1. The van der Waals surface area contributed by atoms with Crippen LogP contribution in [0.25, 0.3) is 0 Å². The van der Waals surface area contributed by atoms with Gasteiger partial charge in [0.15, 0.2) is 6.04 Å². The first-order valence-electron chi connectivity index (χ1n) is 7.44. The fraction of sp³-hybridized carbons (Fsp3) is 0.400. The number of halogens is 1. The minimum Gasteiger partial charge on any atom is -0.542 e. The molecule has 1 aromatic rings. The highest BCUT2D eigenvalue weighted by Gasteiger charge is 2.56. The number of rotatable bonds is 5. The van der Waals surface area contributed by atoms with Crippen molar-refractivity contribution in [1.29, 1.82) is 0 Å². The van der Waals surface area contributed by atoms with Crippen molar-refractivity contribution in [3.63, 3.8) is 0 Å². The summed E-state index contributed by atoms with van der Waals surface area (Å²) in [5, 5.41) is 4.26. The van der Waals surface area contributed by atoms with Gasteiger partial charge in [0, 0.05) is 10.8 Å². The van der Waals surface area contributed by atoms with E-state index in [1.165, 1.54) is 28.0 Å². The van der Waals surface area contributed by atoms with Crippen LogP contribution in [0.15, 0.2) is 28.0 Å². The molecule has 0 unspecified atom stereocenters. The van der Waals surface area contributed by atoms with Gasteiger partial charge in [0.05, 0.1) is 6.42 Å². The summed E-state index contributed by atoms with van der Waals surface area (Å²) in [4.78, 5) is 39.9. The second-order valence-corrected chi connectivity index (χ2v) is 8.24. The Balaban J connectivity index is 1.75. The highest BCUT2D eigenvalue weighted by molar-refractivity contribution is 8.03. The quantitative estimate of drug-likeness (QED) is 0.460. The van der Waals surface area contributed by atoms with Crippen LogP contribution in [0.5, 0.6) is 0 Å².